The molecule has 0 aliphatic carbocycles. The zero-order valence-corrected chi connectivity index (χ0v) is 17.8. The lowest BCUT2D eigenvalue weighted by Crippen LogP contribution is -2.63. The topological polar surface area (TPSA) is 193 Å². The summed E-state index contributed by atoms with van der Waals surface area (Å²) < 4.78 is 29.7. The summed E-state index contributed by atoms with van der Waals surface area (Å²) in [5.41, 5.74) is 0. The fourth-order valence-corrected chi connectivity index (χ4v) is 3.12. The molecule has 1 rings (SSSR count). The van der Waals surface area contributed by atoms with Crippen LogP contribution in [0.4, 0.5) is 0 Å². The Hall–Kier alpha value is -3.49. The zero-order chi connectivity index (χ0) is 24.6. The number of ether oxygens (including phenoxy) is 6. The molecule has 0 bridgehead atoms. The Bertz CT molecular complexity index is 736. The first kappa shape index (κ1) is 26.5. The largest absolute Gasteiger partial charge is 0.468 e. The van der Waals surface area contributed by atoms with Gasteiger partial charge in [-0.1, -0.05) is 0 Å². The maximum absolute atomic E-state index is 12.4. The van der Waals surface area contributed by atoms with Crippen LogP contribution in [0.25, 0.3) is 0 Å². The first-order valence-corrected chi connectivity index (χ1v) is 9.02. The molecular weight excluding hydrogens is 442 g/mol. The monoisotopic (exact) mass is 465 g/mol. The van der Waals surface area contributed by atoms with Crippen molar-refractivity contribution in [2.45, 2.75) is 45.4 Å². The first-order chi connectivity index (χ1) is 14.9. The van der Waals surface area contributed by atoms with Crippen molar-refractivity contribution >= 4 is 29.8 Å². The number of esters is 5. The van der Waals surface area contributed by atoms with E-state index in [1.807, 2.05) is 0 Å². The van der Waals surface area contributed by atoms with Crippen LogP contribution in [0.2, 0.25) is 0 Å². The van der Waals surface area contributed by atoms with Crippen LogP contribution in [0, 0.1) is 22.0 Å². The van der Waals surface area contributed by atoms with Gasteiger partial charge in [0.05, 0.1) is 20.1 Å². The molecule has 1 saturated heterocycles. The molecule has 0 aromatic rings. The molecule has 1 aliphatic heterocycles. The van der Waals surface area contributed by atoms with Crippen molar-refractivity contribution in [3.8, 4) is 0 Å². The number of carbonyl (C=O) groups is 5. The van der Waals surface area contributed by atoms with Crippen LogP contribution in [0.5, 0.6) is 0 Å². The van der Waals surface area contributed by atoms with Crippen LogP contribution in [-0.2, 0) is 57.2 Å². The van der Waals surface area contributed by atoms with Gasteiger partial charge in [-0.3, -0.25) is 28.8 Å². The molecular formula is C17H23NO14. The van der Waals surface area contributed by atoms with Gasteiger partial charge in [-0.2, -0.15) is 0 Å². The molecule has 1 fully saturated rings. The highest BCUT2D eigenvalue weighted by molar-refractivity contribution is 5.95. The second-order valence-electron chi connectivity index (χ2n) is 6.42. The molecule has 0 spiro atoms. The molecule has 5 atom stereocenters. The van der Waals surface area contributed by atoms with E-state index in [1.54, 1.807) is 0 Å². The van der Waals surface area contributed by atoms with Crippen molar-refractivity contribution in [2.24, 2.45) is 11.8 Å². The first-order valence-electron chi connectivity index (χ1n) is 9.02. The molecule has 0 N–H and O–H groups in total. The highest BCUT2D eigenvalue weighted by Gasteiger charge is 2.58. The molecule has 0 unspecified atom stereocenters. The quantitative estimate of drug-likeness (QED) is 0.131. The Kier molecular flexibility index (Phi) is 9.77. The zero-order valence-electron chi connectivity index (χ0n) is 17.8. The van der Waals surface area contributed by atoms with Crippen molar-refractivity contribution in [1.29, 1.82) is 0 Å². The molecule has 0 radical (unpaired) electrons. The van der Waals surface area contributed by atoms with Crippen molar-refractivity contribution in [3.63, 3.8) is 0 Å². The van der Waals surface area contributed by atoms with E-state index >= 15 is 0 Å². The van der Waals surface area contributed by atoms with Crippen LogP contribution >= 0.6 is 0 Å². The fraction of sp³-hybridized carbons (Fsp3) is 0.706. The molecule has 0 aromatic heterocycles. The lowest BCUT2D eigenvalue weighted by atomic mass is 9.80. The highest BCUT2D eigenvalue weighted by atomic mass is 17.0. The number of rotatable bonds is 9. The van der Waals surface area contributed by atoms with Crippen molar-refractivity contribution < 1.29 is 62.3 Å². The summed E-state index contributed by atoms with van der Waals surface area (Å²) in [7, 11) is 1.86. The van der Waals surface area contributed by atoms with E-state index in [9.17, 15) is 34.1 Å². The molecule has 15 nitrogen and oxygen atoms in total. The van der Waals surface area contributed by atoms with Crippen molar-refractivity contribution in [1.82, 2.24) is 0 Å². The smallest absolute Gasteiger partial charge is 0.320 e. The summed E-state index contributed by atoms with van der Waals surface area (Å²) in [4.78, 5) is 75.0. The Morgan fingerprint density at radius 3 is 1.81 bits per heavy atom. The molecule has 0 amide bonds. The molecule has 180 valence electrons. The molecule has 15 heteroatoms. The predicted octanol–water partition coefficient (Wildman–Crippen LogP) is -1.08. The average Bonchev–Trinajstić information content (AvgIpc) is 2.68. The average molecular weight is 465 g/mol. The maximum Gasteiger partial charge on any atom is 0.320 e. The minimum Gasteiger partial charge on any atom is -0.468 e. The number of nitrogens with zero attached hydrogens (tertiary/aromatic N) is 1. The summed E-state index contributed by atoms with van der Waals surface area (Å²) >= 11 is 0. The summed E-state index contributed by atoms with van der Waals surface area (Å²) in [5, 5.41) is 9.79. The number of carbonyl (C=O) groups excluding carboxylic acids is 5. The van der Waals surface area contributed by atoms with Crippen molar-refractivity contribution in [2.75, 3.05) is 20.8 Å². The number of hydrogen-bond acceptors (Lipinski definition) is 14. The standard InChI is InChI=1S/C17H23NO14/c1-7(19)28-6-10-13(29-8(2)20)14(30-9(3)21)11(17(31-10)32-18(24)25)12(15(22)26-4)16(23)27-5/h10-14,17H,6H2,1-5H3/t10-,11-,13+,14-,17+/m1/s1. The fourth-order valence-electron chi connectivity index (χ4n) is 3.12. The van der Waals surface area contributed by atoms with Gasteiger partial charge in [0, 0.05) is 20.8 Å². The number of methoxy groups -OCH3 is 2. The highest BCUT2D eigenvalue weighted by Crippen LogP contribution is 2.37. The van der Waals surface area contributed by atoms with Gasteiger partial charge in [0.15, 0.2) is 12.0 Å². The van der Waals surface area contributed by atoms with Crippen LogP contribution in [0.15, 0.2) is 0 Å². The summed E-state index contributed by atoms with van der Waals surface area (Å²) in [6, 6.07) is 0. The minimum absolute atomic E-state index is 0.601. The van der Waals surface area contributed by atoms with Gasteiger partial charge in [0.25, 0.3) is 5.09 Å². The Morgan fingerprint density at radius 2 is 1.41 bits per heavy atom. The SMILES string of the molecule is COC(=O)C(C(=O)OC)[C@H]1[C@H](O[N+](=O)[O-])O[C@H](COC(C)=O)[C@H](OC(C)=O)[C@@H]1OC(C)=O. The molecule has 32 heavy (non-hydrogen) atoms. The van der Waals surface area contributed by atoms with E-state index in [4.69, 9.17) is 18.9 Å². The Balaban J connectivity index is 3.64. The lowest BCUT2D eigenvalue weighted by molar-refractivity contribution is -0.786. The van der Waals surface area contributed by atoms with Crippen LogP contribution in [-0.4, -0.2) is 80.4 Å². The van der Waals surface area contributed by atoms with Gasteiger partial charge >= 0.3 is 29.8 Å². The third-order valence-corrected chi connectivity index (χ3v) is 4.23. The summed E-state index contributed by atoms with van der Waals surface area (Å²) in [6.07, 6.45) is -6.74. The van der Waals surface area contributed by atoms with E-state index < -0.39 is 78.0 Å². The van der Waals surface area contributed by atoms with Crippen LogP contribution in [0.1, 0.15) is 20.8 Å². The second kappa shape index (κ2) is 11.8. The van der Waals surface area contributed by atoms with Crippen LogP contribution in [0.3, 0.4) is 0 Å². The minimum atomic E-state index is -2.02. The normalized spacial score (nSPS) is 24.6. The maximum atomic E-state index is 12.4. The molecule has 0 aromatic carbocycles. The lowest BCUT2D eigenvalue weighted by Gasteiger charge is -2.45. The van der Waals surface area contributed by atoms with E-state index in [1.165, 1.54) is 0 Å². The Labute approximate surface area is 181 Å². The van der Waals surface area contributed by atoms with Gasteiger partial charge in [-0.05, 0) is 0 Å². The van der Waals surface area contributed by atoms with Crippen molar-refractivity contribution in [3.05, 3.63) is 10.1 Å². The van der Waals surface area contributed by atoms with Gasteiger partial charge in [-0.25, -0.2) is 0 Å². The Morgan fingerprint density at radius 1 is 0.906 bits per heavy atom. The van der Waals surface area contributed by atoms with Crippen LogP contribution < -0.4 is 0 Å². The van der Waals surface area contributed by atoms with E-state index in [0.717, 1.165) is 35.0 Å². The molecule has 1 aliphatic rings. The van der Waals surface area contributed by atoms with Gasteiger partial charge in [-0.15, -0.1) is 10.1 Å². The third-order valence-electron chi connectivity index (χ3n) is 4.23. The second-order valence-corrected chi connectivity index (χ2v) is 6.42. The van der Waals surface area contributed by atoms with E-state index in [-0.39, 0.29) is 0 Å². The van der Waals surface area contributed by atoms with Gasteiger partial charge in [0.1, 0.15) is 18.8 Å². The summed E-state index contributed by atoms with van der Waals surface area (Å²) in [5.74, 6) is -8.79. The number of hydrogen-bond donors (Lipinski definition) is 0. The van der Waals surface area contributed by atoms with E-state index in [0.29, 0.717) is 0 Å². The van der Waals surface area contributed by atoms with Gasteiger partial charge in [0.2, 0.25) is 6.29 Å². The summed E-state index contributed by atoms with van der Waals surface area (Å²) in [6.45, 7) is 2.43. The molecule has 1 heterocycles. The predicted molar refractivity (Wildman–Crippen MR) is 95.5 cm³/mol. The third kappa shape index (κ3) is 7.04. The van der Waals surface area contributed by atoms with E-state index in [2.05, 4.69) is 14.3 Å². The van der Waals surface area contributed by atoms with Gasteiger partial charge < -0.3 is 28.4 Å². The molecule has 0 saturated carbocycles.